The Labute approximate surface area is 143 Å². The van der Waals surface area contributed by atoms with Crippen LogP contribution < -0.4 is 15.6 Å². The number of halogens is 3. The number of rotatable bonds is 8. The van der Waals surface area contributed by atoms with Crippen LogP contribution in [0.1, 0.15) is 13.3 Å². The molecule has 22 heavy (non-hydrogen) atoms. The number of hydrogen-bond donors (Lipinski definition) is 2. The Balaban J connectivity index is 2.59. The van der Waals surface area contributed by atoms with E-state index in [4.69, 9.17) is 39.5 Å². The zero-order valence-corrected chi connectivity index (χ0v) is 14.1. The molecular formula is C13H16Cl3N3O3. The van der Waals surface area contributed by atoms with Gasteiger partial charge in [-0.25, -0.2) is 10.2 Å². The molecule has 0 bridgehead atoms. The summed E-state index contributed by atoms with van der Waals surface area (Å²) < 4.78 is 5.52. The predicted octanol–water partition coefficient (Wildman–Crippen LogP) is 3.11. The molecule has 0 heterocycles. The summed E-state index contributed by atoms with van der Waals surface area (Å²) in [7, 11) is 0. The average molecular weight is 369 g/mol. The second-order valence-electron chi connectivity index (χ2n) is 4.23. The van der Waals surface area contributed by atoms with Crippen LogP contribution in [0.25, 0.3) is 0 Å². The molecular weight excluding hydrogens is 353 g/mol. The van der Waals surface area contributed by atoms with Crippen molar-refractivity contribution in [2.75, 3.05) is 19.7 Å². The van der Waals surface area contributed by atoms with Crippen molar-refractivity contribution in [2.45, 2.75) is 13.3 Å². The van der Waals surface area contributed by atoms with Gasteiger partial charge in [-0.05, 0) is 18.6 Å². The van der Waals surface area contributed by atoms with Crippen molar-refractivity contribution < 1.29 is 14.3 Å². The molecule has 0 atom stereocenters. The van der Waals surface area contributed by atoms with E-state index in [0.29, 0.717) is 40.3 Å². The molecule has 122 valence electrons. The third-order valence-electron chi connectivity index (χ3n) is 2.59. The van der Waals surface area contributed by atoms with Gasteiger partial charge in [-0.15, -0.1) is 0 Å². The van der Waals surface area contributed by atoms with E-state index >= 15 is 0 Å². The van der Waals surface area contributed by atoms with Crippen LogP contribution in [0.15, 0.2) is 12.1 Å². The molecule has 1 rings (SSSR count). The maximum Gasteiger partial charge on any atom is 0.336 e. The number of carbonyl (C=O) groups excluding carboxylic acids is 2. The van der Waals surface area contributed by atoms with Gasteiger partial charge >= 0.3 is 6.03 Å². The second kappa shape index (κ2) is 9.61. The fourth-order valence-electron chi connectivity index (χ4n) is 1.68. The van der Waals surface area contributed by atoms with Crippen molar-refractivity contribution in [1.29, 1.82) is 0 Å². The monoisotopic (exact) mass is 367 g/mol. The molecule has 0 aliphatic rings. The van der Waals surface area contributed by atoms with Crippen molar-refractivity contribution in [3.8, 4) is 5.75 Å². The third-order valence-corrected chi connectivity index (χ3v) is 3.37. The minimum Gasteiger partial charge on any atom is -0.489 e. The predicted molar refractivity (Wildman–Crippen MR) is 86.6 cm³/mol. The van der Waals surface area contributed by atoms with Crippen LogP contribution >= 0.6 is 34.8 Å². The summed E-state index contributed by atoms with van der Waals surface area (Å²) >= 11 is 17.8. The first kappa shape index (κ1) is 18.7. The number of ether oxygens (including phenoxy) is 1. The van der Waals surface area contributed by atoms with Crippen molar-refractivity contribution in [3.05, 3.63) is 27.2 Å². The number of nitrogens with zero attached hydrogens (tertiary/aromatic N) is 1. The molecule has 0 unspecified atom stereocenters. The number of nitrogens with one attached hydrogen (secondary N) is 2. The van der Waals surface area contributed by atoms with E-state index in [1.54, 1.807) is 0 Å². The van der Waals surface area contributed by atoms with E-state index in [0.717, 1.165) is 6.42 Å². The van der Waals surface area contributed by atoms with Gasteiger partial charge in [0.05, 0.1) is 16.6 Å². The standard InChI is InChI=1S/C13H16Cl3N3O3/c1-2-3-19(13(21)18-17-8-20)4-5-22-12-10(15)6-9(14)7-11(12)16/h6-8H,2-5H2,1H3,(H,17,20)(H,18,21). The molecule has 0 spiro atoms. The zero-order chi connectivity index (χ0) is 16.5. The maximum atomic E-state index is 11.8. The van der Waals surface area contributed by atoms with Gasteiger partial charge in [-0.1, -0.05) is 41.7 Å². The van der Waals surface area contributed by atoms with E-state index in [1.165, 1.54) is 17.0 Å². The Morgan fingerprint density at radius 1 is 1.27 bits per heavy atom. The Bertz CT molecular complexity index is 505. The van der Waals surface area contributed by atoms with E-state index in [2.05, 4.69) is 10.9 Å². The van der Waals surface area contributed by atoms with Gasteiger partial charge in [0.25, 0.3) is 0 Å². The molecule has 0 fully saturated rings. The fourth-order valence-corrected chi connectivity index (χ4v) is 2.61. The minimum absolute atomic E-state index is 0.190. The molecule has 9 heteroatoms. The van der Waals surface area contributed by atoms with E-state index < -0.39 is 6.03 Å². The minimum atomic E-state index is -0.425. The van der Waals surface area contributed by atoms with Crippen LogP contribution in [0.4, 0.5) is 4.79 Å². The largest absolute Gasteiger partial charge is 0.489 e. The van der Waals surface area contributed by atoms with Crippen LogP contribution in [0.3, 0.4) is 0 Å². The molecule has 0 aromatic heterocycles. The highest BCUT2D eigenvalue weighted by Crippen LogP contribution is 2.35. The number of carbonyl (C=O) groups is 2. The van der Waals surface area contributed by atoms with Gasteiger partial charge in [0.2, 0.25) is 6.41 Å². The summed E-state index contributed by atoms with van der Waals surface area (Å²) in [5, 5.41) is 1.01. The van der Waals surface area contributed by atoms with Gasteiger partial charge in [0.1, 0.15) is 6.61 Å². The van der Waals surface area contributed by atoms with Gasteiger partial charge in [0.15, 0.2) is 5.75 Å². The highest BCUT2D eigenvalue weighted by Gasteiger charge is 2.14. The fraction of sp³-hybridized carbons (Fsp3) is 0.385. The first-order valence-corrected chi connectivity index (χ1v) is 7.64. The molecule has 0 radical (unpaired) electrons. The lowest BCUT2D eigenvalue weighted by Crippen LogP contribution is -2.47. The van der Waals surface area contributed by atoms with Gasteiger partial charge in [-0.3, -0.25) is 10.2 Å². The number of amides is 3. The summed E-state index contributed by atoms with van der Waals surface area (Å²) in [5.74, 6) is 0.315. The highest BCUT2D eigenvalue weighted by atomic mass is 35.5. The molecule has 0 saturated heterocycles. The van der Waals surface area contributed by atoms with Gasteiger partial charge in [-0.2, -0.15) is 0 Å². The summed E-state index contributed by atoms with van der Waals surface area (Å²) in [6, 6.07) is 2.62. The maximum absolute atomic E-state index is 11.8. The third kappa shape index (κ3) is 5.79. The van der Waals surface area contributed by atoms with E-state index in [9.17, 15) is 9.59 Å². The van der Waals surface area contributed by atoms with Crippen LogP contribution in [0.2, 0.25) is 15.1 Å². The quantitative estimate of drug-likeness (QED) is 0.547. The van der Waals surface area contributed by atoms with Crippen molar-refractivity contribution in [3.63, 3.8) is 0 Å². The lowest BCUT2D eigenvalue weighted by molar-refractivity contribution is -0.110. The van der Waals surface area contributed by atoms with Crippen LogP contribution in [0, 0.1) is 0 Å². The lowest BCUT2D eigenvalue weighted by Gasteiger charge is -2.22. The molecule has 3 amide bonds. The average Bonchev–Trinajstić information content (AvgIpc) is 2.46. The Morgan fingerprint density at radius 3 is 2.45 bits per heavy atom. The van der Waals surface area contributed by atoms with Crippen molar-refractivity contribution in [2.24, 2.45) is 0 Å². The van der Waals surface area contributed by atoms with Crippen molar-refractivity contribution in [1.82, 2.24) is 15.8 Å². The normalized spacial score (nSPS) is 10.0. The Kier molecular flexibility index (Phi) is 8.16. The highest BCUT2D eigenvalue weighted by molar-refractivity contribution is 6.40. The van der Waals surface area contributed by atoms with Crippen LogP contribution in [-0.4, -0.2) is 37.0 Å². The van der Waals surface area contributed by atoms with Crippen LogP contribution in [-0.2, 0) is 4.79 Å². The molecule has 1 aromatic rings. The number of hydrazine groups is 1. The summed E-state index contributed by atoms with van der Waals surface area (Å²) in [6.45, 7) is 2.93. The smallest absolute Gasteiger partial charge is 0.336 e. The van der Waals surface area contributed by atoms with E-state index in [-0.39, 0.29) is 6.61 Å². The van der Waals surface area contributed by atoms with Gasteiger partial charge < -0.3 is 9.64 Å². The number of benzene rings is 1. The zero-order valence-electron chi connectivity index (χ0n) is 11.9. The Morgan fingerprint density at radius 2 is 1.91 bits per heavy atom. The van der Waals surface area contributed by atoms with Crippen LogP contribution in [0.5, 0.6) is 5.75 Å². The summed E-state index contributed by atoms with van der Waals surface area (Å²) in [6.07, 6.45) is 1.14. The second-order valence-corrected chi connectivity index (χ2v) is 5.48. The Hall–Kier alpha value is -1.37. The molecule has 6 nitrogen and oxygen atoms in total. The SMILES string of the molecule is CCCN(CCOc1c(Cl)cc(Cl)cc1Cl)C(=O)NNC=O. The first-order chi connectivity index (χ1) is 10.5. The topological polar surface area (TPSA) is 70.7 Å². The number of urea groups is 1. The molecule has 1 aromatic carbocycles. The summed E-state index contributed by atoms with van der Waals surface area (Å²) in [5.41, 5.74) is 4.34. The van der Waals surface area contributed by atoms with Crippen molar-refractivity contribution >= 4 is 47.2 Å². The number of hydrogen-bond acceptors (Lipinski definition) is 3. The first-order valence-electron chi connectivity index (χ1n) is 6.51. The molecule has 0 aliphatic carbocycles. The van der Waals surface area contributed by atoms with E-state index in [1.807, 2.05) is 6.92 Å². The molecule has 2 N–H and O–H groups in total. The molecule has 0 aliphatic heterocycles. The molecule has 0 saturated carbocycles. The van der Waals surface area contributed by atoms with Gasteiger partial charge in [0, 0.05) is 11.6 Å². The summed E-state index contributed by atoms with van der Waals surface area (Å²) in [4.78, 5) is 23.5. The lowest BCUT2D eigenvalue weighted by atomic mass is 10.3.